The van der Waals surface area contributed by atoms with Gasteiger partial charge in [0, 0.05) is 6.42 Å². The molecule has 0 saturated carbocycles. The second kappa shape index (κ2) is 6.04. The zero-order valence-corrected chi connectivity index (χ0v) is 12.1. The van der Waals surface area contributed by atoms with Crippen LogP contribution < -0.4 is 0 Å². The van der Waals surface area contributed by atoms with E-state index in [0.29, 0.717) is 12.3 Å². The van der Waals surface area contributed by atoms with Gasteiger partial charge < -0.3 is 9.63 Å². The number of carbonyl (C=O) groups is 1. The summed E-state index contributed by atoms with van der Waals surface area (Å²) in [6.45, 7) is 1.94. The third-order valence-electron chi connectivity index (χ3n) is 2.73. The van der Waals surface area contributed by atoms with Gasteiger partial charge in [0.25, 0.3) is 0 Å². The monoisotopic (exact) mass is 310 g/mol. The number of rotatable bonds is 6. The van der Waals surface area contributed by atoms with Crippen LogP contribution in [-0.2, 0) is 22.0 Å². The van der Waals surface area contributed by atoms with Gasteiger partial charge in [-0.2, -0.15) is 4.98 Å². The van der Waals surface area contributed by atoms with E-state index in [2.05, 4.69) is 10.1 Å². The number of benzene rings is 1. The molecule has 1 aromatic heterocycles. The van der Waals surface area contributed by atoms with Gasteiger partial charge in [-0.3, -0.25) is 0 Å². The van der Waals surface area contributed by atoms with Crippen LogP contribution in [0.5, 0.6) is 0 Å². The van der Waals surface area contributed by atoms with Gasteiger partial charge in [0.05, 0.1) is 10.5 Å². The van der Waals surface area contributed by atoms with Crippen LogP contribution in [0.2, 0.25) is 0 Å². The molecule has 8 heteroatoms. The molecule has 1 heterocycles. The second-order valence-corrected chi connectivity index (χ2v) is 6.44. The predicted molar refractivity (Wildman–Crippen MR) is 72.6 cm³/mol. The maximum absolute atomic E-state index is 12.2. The molecule has 2 rings (SSSR count). The molecule has 0 bridgehead atoms. The molecule has 112 valence electrons. The standard InChI is InChI=1S/C13H14N2O5S/c1-2-4-12-14-11(15-20-12)8-21(18,19)10-6-3-5-9(7-10)13(16)17/h3,5-7H,2,4,8H2,1H3,(H,16,17). The van der Waals surface area contributed by atoms with E-state index in [1.165, 1.54) is 18.2 Å². The predicted octanol–water partition coefficient (Wildman–Crippen LogP) is 1.69. The number of hydrogen-bond acceptors (Lipinski definition) is 6. The van der Waals surface area contributed by atoms with E-state index in [1.807, 2.05) is 6.92 Å². The van der Waals surface area contributed by atoms with Gasteiger partial charge in [-0.25, -0.2) is 13.2 Å². The molecular formula is C13H14N2O5S. The van der Waals surface area contributed by atoms with Crippen LogP contribution in [0.15, 0.2) is 33.7 Å². The third kappa shape index (κ3) is 3.66. The van der Waals surface area contributed by atoms with Crippen molar-refractivity contribution in [2.45, 2.75) is 30.4 Å². The van der Waals surface area contributed by atoms with Crippen LogP contribution in [0.3, 0.4) is 0 Å². The Morgan fingerprint density at radius 2 is 2.14 bits per heavy atom. The first-order chi connectivity index (χ1) is 9.92. The fraction of sp³-hybridized carbons (Fsp3) is 0.308. The topological polar surface area (TPSA) is 110 Å². The summed E-state index contributed by atoms with van der Waals surface area (Å²) in [5.41, 5.74) is -0.0872. The van der Waals surface area contributed by atoms with Crippen molar-refractivity contribution >= 4 is 15.8 Å². The molecule has 0 saturated heterocycles. The van der Waals surface area contributed by atoms with E-state index in [9.17, 15) is 13.2 Å². The summed E-state index contributed by atoms with van der Waals surface area (Å²) in [7, 11) is -3.72. The molecule has 1 N–H and O–H groups in total. The lowest BCUT2D eigenvalue weighted by molar-refractivity contribution is 0.0696. The first kappa shape index (κ1) is 15.2. The SMILES string of the molecule is CCCc1nc(CS(=O)(=O)c2cccc(C(=O)O)c2)no1. The number of nitrogens with zero attached hydrogens (tertiary/aromatic N) is 2. The summed E-state index contributed by atoms with van der Waals surface area (Å²) in [6.07, 6.45) is 1.40. The van der Waals surface area contributed by atoms with Gasteiger partial charge in [-0.05, 0) is 24.6 Å². The lowest BCUT2D eigenvalue weighted by atomic mass is 10.2. The quantitative estimate of drug-likeness (QED) is 0.864. The van der Waals surface area contributed by atoms with Gasteiger partial charge in [0.2, 0.25) is 5.89 Å². The van der Waals surface area contributed by atoms with Crippen molar-refractivity contribution in [2.75, 3.05) is 0 Å². The molecule has 0 aliphatic carbocycles. The summed E-state index contributed by atoms with van der Waals surface area (Å²) >= 11 is 0. The Bertz CT molecular complexity index is 751. The molecule has 7 nitrogen and oxygen atoms in total. The molecule has 2 aromatic rings. The van der Waals surface area contributed by atoms with E-state index in [4.69, 9.17) is 9.63 Å². The fourth-order valence-electron chi connectivity index (χ4n) is 1.74. The Hall–Kier alpha value is -2.22. The number of carboxylic acid groups (broad SMARTS) is 1. The van der Waals surface area contributed by atoms with Gasteiger partial charge in [-0.15, -0.1) is 0 Å². The van der Waals surface area contributed by atoms with Crippen molar-refractivity contribution < 1.29 is 22.8 Å². The van der Waals surface area contributed by atoms with E-state index in [0.717, 1.165) is 12.5 Å². The number of hydrogen-bond donors (Lipinski definition) is 1. The zero-order valence-electron chi connectivity index (χ0n) is 11.3. The second-order valence-electron chi connectivity index (χ2n) is 4.45. The Balaban J connectivity index is 2.25. The van der Waals surface area contributed by atoms with Gasteiger partial charge in [0.15, 0.2) is 15.7 Å². The molecular weight excluding hydrogens is 296 g/mol. The number of aromatic nitrogens is 2. The number of aromatic carboxylic acids is 1. The minimum Gasteiger partial charge on any atom is -0.478 e. The van der Waals surface area contributed by atoms with E-state index in [-0.39, 0.29) is 16.3 Å². The lowest BCUT2D eigenvalue weighted by Crippen LogP contribution is -2.08. The highest BCUT2D eigenvalue weighted by Crippen LogP contribution is 2.17. The lowest BCUT2D eigenvalue weighted by Gasteiger charge is -2.02. The van der Waals surface area contributed by atoms with Crippen LogP contribution in [-0.4, -0.2) is 29.6 Å². The Kier molecular flexibility index (Phi) is 4.37. The van der Waals surface area contributed by atoms with Crippen molar-refractivity contribution in [3.63, 3.8) is 0 Å². The van der Waals surface area contributed by atoms with Gasteiger partial charge in [0.1, 0.15) is 5.75 Å². The first-order valence-corrected chi connectivity index (χ1v) is 7.95. The molecule has 0 aliphatic heterocycles. The first-order valence-electron chi connectivity index (χ1n) is 6.30. The molecule has 0 aliphatic rings. The summed E-state index contributed by atoms with van der Waals surface area (Å²) < 4.78 is 29.4. The van der Waals surface area contributed by atoms with Gasteiger partial charge in [-0.1, -0.05) is 18.1 Å². The number of carboxylic acids is 1. The van der Waals surface area contributed by atoms with Crippen molar-refractivity contribution in [3.8, 4) is 0 Å². The average molecular weight is 310 g/mol. The Morgan fingerprint density at radius 1 is 1.38 bits per heavy atom. The normalized spacial score (nSPS) is 11.5. The largest absolute Gasteiger partial charge is 0.478 e. The molecule has 0 amide bonds. The molecule has 1 aromatic carbocycles. The molecule has 21 heavy (non-hydrogen) atoms. The Morgan fingerprint density at radius 3 is 2.81 bits per heavy atom. The van der Waals surface area contributed by atoms with Crippen molar-refractivity contribution in [2.24, 2.45) is 0 Å². The summed E-state index contributed by atoms with van der Waals surface area (Å²) in [6, 6.07) is 5.17. The smallest absolute Gasteiger partial charge is 0.335 e. The van der Waals surface area contributed by atoms with E-state index in [1.54, 1.807) is 0 Å². The van der Waals surface area contributed by atoms with Crippen molar-refractivity contribution in [1.29, 1.82) is 0 Å². The average Bonchev–Trinajstić information content (AvgIpc) is 2.86. The number of aryl methyl sites for hydroxylation is 1. The van der Waals surface area contributed by atoms with E-state index < -0.39 is 21.6 Å². The highest BCUT2D eigenvalue weighted by atomic mass is 32.2. The van der Waals surface area contributed by atoms with Gasteiger partial charge >= 0.3 is 5.97 Å². The maximum atomic E-state index is 12.2. The van der Waals surface area contributed by atoms with Crippen molar-refractivity contribution in [1.82, 2.24) is 10.1 Å². The minimum absolute atomic E-state index is 0.0687. The summed E-state index contributed by atoms with van der Waals surface area (Å²) in [4.78, 5) is 14.8. The molecule has 0 unspecified atom stereocenters. The van der Waals surface area contributed by atoms with Crippen LogP contribution in [0.25, 0.3) is 0 Å². The van der Waals surface area contributed by atoms with Crippen LogP contribution in [0, 0.1) is 0 Å². The zero-order chi connectivity index (χ0) is 15.5. The highest BCUT2D eigenvalue weighted by Gasteiger charge is 2.20. The Labute approximate surface area is 121 Å². The van der Waals surface area contributed by atoms with Crippen LogP contribution in [0.4, 0.5) is 0 Å². The fourth-order valence-corrected chi connectivity index (χ4v) is 2.96. The third-order valence-corrected chi connectivity index (χ3v) is 4.34. The summed E-state index contributed by atoms with van der Waals surface area (Å²) in [5.74, 6) is -1.15. The van der Waals surface area contributed by atoms with E-state index >= 15 is 0 Å². The van der Waals surface area contributed by atoms with Crippen molar-refractivity contribution in [3.05, 3.63) is 41.5 Å². The molecule has 0 radical (unpaired) electrons. The van der Waals surface area contributed by atoms with Crippen LogP contribution >= 0.6 is 0 Å². The highest BCUT2D eigenvalue weighted by molar-refractivity contribution is 7.90. The maximum Gasteiger partial charge on any atom is 0.335 e. The number of sulfone groups is 1. The molecule has 0 spiro atoms. The molecule has 0 fully saturated rings. The molecule has 0 atom stereocenters. The minimum atomic E-state index is -3.72. The van der Waals surface area contributed by atoms with Crippen LogP contribution in [0.1, 0.15) is 35.4 Å². The summed E-state index contributed by atoms with van der Waals surface area (Å²) in [5, 5.41) is 12.5.